The summed E-state index contributed by atoms with van der Waals surface area (Å²) >= 11 is 1.58. The summed E-state index contributed by atoms with van der Waals surface area (Å²) < 4.78 is 18.1. The molecule has 0 aliphatic heterocycles. The first kappa shape index (κ1) is 14.5. The predicted octanol–water partition coefficient (Wildman–Crippen LogP) is 3.63. The van der Waals surface area contributed by atoms with Crippen LogP contribution < -0.4 is 14.2 Å². The molecular weight excluding hydrogens is 300 g/mol. The maximum atomic E-state index is 5.39. The number of rotatable bonds is 5. The zero-order valence-electron chi connectivity index (χ0n) is 12.6. The molecule has 0 N–H and O–H groups in total. The van der Waals surface area contributed by atoms with E-state index in [-0.39, 0.29) is 0 Å². The molecule has 0 bridgehead atoms. The summed E-state index contributed by atoms with van der Waals surface area (Å²) in [5.74, 6) is 1.81. The highest BCUT2D eigenvalue weighted by Gasteiger charge is 2.15. The maximum Gasteiger partial charge on any atom is 0.203 e. The van der Waals surface area contributed by atoms with Gasteiger partial charge < -0.3 is 18.8 Å². The van der Waals surface area contributed by atoms with Crippen molar-refractivity contribution in [3.63, 3.8) is 0 Å². The Morgan fingerprint density at radius 1 is 0.955 bits per heavy atom. The second-order valence-electron chi connectivity index (χ2n) is 4.52. The monoisotopic (exact) mass is 316 g/mol. The fourth-order valence-corrected chi connectivity index (χ4v) is 3.01. The number of aromatic nitrogens is 2. The minimum absolute atomic E-state index is 0.578. The topological polar surface area (TPSA) is 45.5 Å². The van der Waals surface area contributed by atoms with Crippen molar-refractivity contribution in [2.75, 3.05) is 21.3 Å². The van der Waals surface area contributed by atoms with Gasteiger partial charge in [0.15, 0.2) is 16.6 Å². The lowest BCUT2D eigenvalue weighted by Gasteiger charge is -2.13. The molecule has 0 unspecified atom stereocenters. The summed E-state index contributed by atoms with van der Waals surface area (Å²) in [6.07, 6.45) is 3.94. The molecule has 3 rings (SSSR count). The van der Waals surface area contributed by atoms with E-state index >= 15 is 0 Å². The van der Waals surface area contributed by atoms with Gasteiger partial charge in [0.1, 0.15) is 0 Å². The highest BCUT2D eigenvalue weighted by Crippen LogP contribution is 2.41. The van der Waals surface area contributed by atoms with E-state index in [4.69, 9.17) is 14.2 Å². The normalized spacial score (nSPS) is 10.5. The van der Waals surface area contributed by atoms with Gasteiger partial charge in [-0.05, 0) is 24.3 Å². The summed E-state index contributed by atoms with van der Waals surface area (Å²) in [6.45, 7) is 0. The van der Waals surface area contributed by atoms with Gasteiger partial charge in [-0.25, -0.2) is 4.98 Å². The molecule has 3 aromatic rings. The van der Waals surface area contributed by atoms with Gasteiger partial charge in [0.05, 0.1) is 27.0 Å². The predicted molar refractivity (Wildman–Crippen MR) is 86.5 cm³/mol. The van der Waals surface area contributed by atoms with Crippen LogP contribution in [0.3, 0.4) is 0 Å². The maximum absolute atomic E-state index is 5.39. The Morgan fingerprint density at radius 3 is 2.14 bits per heavy atom. The SMILES string of the molecule is COc1cc(-c2csc(-n3cccc3)n2)cc(OC)c1OC. The van der Waals surface area contributed by atoms with Crippen molar-refractivity contribution >= 4 is 11.3 Å². The number of thiazole rings is 1. The molecule has 0 fully saturated rings. The van der Waals surface area contributed by atoms with Crippen LogP contribution in [0.2, 0.25) is 0 Å². The van der Waals surface area contributed by atoms with E-state index in [0.29, 0.717) is 17.2 Å². The molecule has 0 spiro atoms. The van der Waals surface area contributed by atoms with Gasteiger partial charge in [-0.1, -0.05) is 0 Å². The third kappa shape index (κ3) is 2.53. The molecule has 22 heavy (non-hydrogen) atoms. The average Bonchev–Trinajstić information content (AvgIpc) is 3.23. The molecule has 2 aromatic heterocycles. The fraction of sp³-hybridized carbons (Fsp3) is 0.188. The smallest absolute Gasteiger partial charge is 0.203 e. The molecule has 6 heteroatoms. The van der Waals surface area contributed by atoms with E-state index < -0.39 is 0 Å². The standard InChI is InChI=1S/C16H16N2O3S/c1-19-13-8-11(9-14(20-2)15(13)21-3)12-10-22-16(17-12)18-6-4-5-7-18/h4-10H,1-3H3. The van der Waals surface area contributed by atoms with Gasteiger partial charge >= 0.3 is 0 Å². The lowest BCUT2D eigenvalue weighted by molar-refractivity contribution is 0.324. The van der Waals surface area contributed by atoms with Crippen LogP contribution in [0.5, 0.6) is 17.2 Å². The minimum Gasteiger partial charge on any atom is -0.493 e. The number of hydrogen-bond acceptors (Lipinski definition) is 5. The van der Waals surface area contributed by atoms with Crippen LogP contribution in [0.25, 0.3) is 16.4 Å². The van der Waals surface area contributed by atoms with Crippen molar-refractivity contribution in [1.82, 2.24) is 9.55 Å². The van der Waals surface area contributed by atoms with Gasteiger partial charge in [0.25, 0.3) is 0 Å². The summed E-state index contributed by atoms with van der Waals surface area (Å²) in [4.78, 5) is 4.66. The van der Waals surface area contributed by atoms with Crippen LogP contribution in [0.1, 0.15) is 0 Å². The van der Waals surface area contributed by atoms with Gasteiger partial charge in [-0.2, -0.15) is 0 Å². The average molecular weight is 316 g/mol. The third-order valence-corrected chi connectivity index (χ3v) is 4.13. The van der Waals surface area contributed by atoms with E-state index in [0.717, 1.165) is 16.4 Å². The van der Waals surface area contributed by atoms with E-state index in [9.17, 15) is 0 Å². The van der Waals surface area contributed by atoms with Gasteiger partial charge in [0.2, 0.25) is 5.75 Å². The van der Waals surface area contributed by atoms with Gasteiger partial charge in [-0.3, -0.25) is 0 Å². The zero-order valence-corrected chi connectivity index (χ0v) is 13.4. The molecule has 0 atom stereocenters. The highest BCUT2D eigenvalue weighted by atomic mass is 32.1. The number of ether oxygens (including phenoxy) is 3. The Balaban J connectivity index is 2.05. The van der Waals surface area contributed by atoms with E-state index in [1.807, 2.05) is 46.6 Å². The zero-order chi connectivity index (χ0) is 15.5. The van der Waals surface area contributed by atoms with Crippen LogP contribution in [-0.2, 0) is 0 Å². The summed E-state index contributed by atoms with van der Waals surface area (Å²) in [7, 11) is 4.80. The van der Waals surface area contributed by atoms with Crippen molar-refractivity contribution in [2.45, 2.75) is 0 Å². The van der Waals surface area contributed by atoms with Crippen molar-refractivity contribution < 1.29 is 14.2 Å². The first-order valence-electron chi connectivity index (χ1n) is 6.66. The van der Waals surface area contributed by atoms with Crippen LogP contribution in [-0.4, -0.2) is 30.9 Å². The molecule has 5 nitrogen and oxygen atoms in total. The van der Waals surface area contributed by atoms with E-state index in [1.165, 1.54) is 0 Å². The van der Waals surface area contributed by atoms with Crippen molar-refractivity contribution in [2.24, 2.45) is 0 Å². The Labute approximate surface area is 132 Å². The quantitative estimate of drug-likeness (QED) is 0.721. The molecule has 0 aliphatic rings. The number of nitrogens with zero attached hydrogens (tertiary/aromatic N) is 2. The molecule has 1 aromatic carbocycles. The van der Waals surface area contributed by atoms with Crippen molar-refractivity contribution in [1.29, 1.82) is 0 Å². The van der Waals surface area contributed by atoms with Crippen molar-refractivity contribution in [3.05, 3.63) is 42.0 Å². The summed E-state index contributed by atoms with van der Waals surface area (Å²) in [6, 6.07) is 7.74. The van der Waals surface area contributed by atoms with E-state index in [2.05, 4.69) is 4.98 Å². The Bertz CT molecular complexity index is 741. The number of methoxy groups -OCH3 is 3. The first-order chi connectivity index (χ1) is 10.8. The van der Waals surface area contributed by atoms with Crippen LogP contribution >= 0.6 is 11.3 Å². The Hall–Kier alpha value is -2.47. The van der Waals surface area contributed by atoms with Gasteiger partial charge in [-0.15, -0.1) is 11.3 Å². The highest BCUT2D eigenvalue weighted by molar-refractivity contribution is 7.12. The molecule has 0 saturated carbocycles. The molecular formula is C16H16N2O3S. The molecule has 114 valence electrons. The molecule has 2 heterocycles. The minimum atomic E-state index is 0.578. The first-order valence-corrected chi connectivity index (χ1v) is 7.54. The largest absolute Gasteiger partial charge is 0.493 e. The molecule has 0 saturated heterocycles. The second-order valence-corrected chi connectivity index (χ2v) is 5.36. The summed E-state index contributed by atoms with van der Waals surface area (Å²) in [5.41, 5.74) is 1.79. The van der Waals surface area contributed by atoms with Crippen LogP contribution in [0.15, 0.2) is 42.0 Å². The van der Waals surface area contributed by atoms with Crippen LogP contribution in [0, 0.1) is 0 Å². The molecule has 0 radical (unpaired) electrons. The number of benzene rings is 1. The third-order valence-electron chi connectivity index (χ3n) is 3.28. The fourth-order valence-electron chi connectivity index (χ4n) is 2.21. The van der Waals surface area contributed by atoms with Gasteiger partial charge in [0, 0.05) is 23.3 Å². The van der Waals surface area contributed by atoms with Crippen LogP contribution in [0.4, 0.5) is 0 Å². The summed E-state index contributed by atoms with van der Waals surface area (Å²) in [5, 5.41) is 2.92. The Morgan fingerprint density at radius 2 is 1.59 bits per heavy atom. The lowest BCUT2D eigenvalue weighted by atomic mass is 10.1. The number of hydrogen-bond donors (Lipinski definition) is 0. The van der Waals surface area contributed by atoms with Crippen molar-refractivity contribution in [3.8, 4) is 33.6 Å². The second kappa shape index (κ2) is 6.11. The van der Waals surface area contributed by atoms with E-state index in [1.54, 1.807) is 32.7 Å². The Kier molecular flexibility index (Phi) is 4.02. The molecule has 0 amide bonds. The molecule has 0 aliphatic carbocycles. The lowest BCUT2D eigenvalue weighted by Crippen LogP contribution is -1.96.